The lowest BCUT2D eigenvalue weighted by atomic mass is 9.90. The van der Waals surface area contributed by atoms with Crippen LogP contribution in [0.3, 0.4) is 0 Å². The van der Waals surface area contributed by atoms with Gasteiger partial charge in [0.05, 0.1) is 6.61 Å². The molecule has 0 unspecified atom stereocenters. The molecule has 1 aromatic heterocycles. The molecule has 0 spiro atoms. The number of carbonyl (C=O) groups excluding carboxylic acids is 2. The highest BCUT2D eigenvalue weighted by atomic mass is 16.5. The van der Waals surface area contributed by atoms with E-state index in [1.54, 1.807) is 6.07 Å². The van der Waals surface area contributed by atoms with Crippen LogP contribution in [0.1, 0.15) is 71.1 Å². The fourth-order valence-electron chi connectivity index (χ4n) is 4.67. The van der Waals surface area contributed by atoms with Gasteiger partial charge in [-0.2, -0.15) is 0 Å². The number of H-pyrrole nitrogens is 1. The first-order chi connectivity index (χ1) is 16.5. The van der Waals surface area contributed by atoms with Crippen LogP contribution in [0.5, 0.6) is 5.75 Å². The second-order valence-electron chi connectivity index (χ2n) is 9.41. The van der Waals surface area contributed by atoms with E-state index in [0.29, 0.717) is 32.0 Å². The summed E-state index contributed by atoms with van der Waals surface area (Å²) in [6, 6.07) is 8.90. The maximum Gasteiger partial charge on any atom is 0.248 e. The highest BCUT2D eigenvalue weighted by Gasteiger charge is 2.19. The summed E-state index contributed by atoms with van der Waals surface area (Å²) < 4.78 is 5.86. The lowest BCUT2D eigenvalue weighted by Gasteiger charge is -2.29. The number of carbonyl (C=O) groups is 2. The van der Waals surface area contributed by atoms with Crippen LogP contribution in [0.4, 0.5) is 0 Å². The third kappa shape index (κ3) is 8.84. The van der Waals surface area contributed by atoms with E-state index in [1.807, 2.05) is 23.1 Å². The van der Waals surface area contributed by atoms with Crippen molar-refractivity contribution in [3.05, 3.63) is 40.7 Å². The number of amides is 2. The third-order valence-corrected chi connectivity index (χ3v) is 6.56. The molecule has 3 rings (SSSR count). The maximum absolute atomic E-state index is 13.0. The van der Waals surface area contributed by atoms with Crippen molar-refractivity contribution in [1.82, 2.24) is 15.2 Å². The van der Waals surface area contributed by atoms with Gasteiger partial charge in [0.25, 0.3) is 0 Å². The first-order valence-corrected chi connectivity index (χ1v) is 12.8. The Labute approximate surface area is 202 Å². The van der Waals surface area contributed by atoms with Crippen molar-refractivity contribution in [2.24, 2.45) is 5.92 Å². The molecule has 0 aliphatic heterocycles. The zero-order chi connectivity index (χ0) is 24.2. The van der Waals surface area contributed by atoms with Gasteiger partial charge in [0, 0.05) is 49.9 Å². The summed E-state index contributed by atoms with van der Waals surface area (Å²) in [5, 5.41) is 3.76. The third-order valence-electron chi connectivity index (χ3n) is 6.56. The number of nitrogens with one attached hydrogen (secondary N) is 2. The van der Waals surface area contributed by atoms with E-state index in [1.165, 1.54) is 57.9 Å². The van der Waals surface area contributed by atoms with Crippen molar-refractivity contribution in [2.45, 2.75) is 71.1 Å². The van der Waals surface area contributed by atoms with Crippen molar-refractivity contribution in [2.75, 3.05) is 26.2 Å². The van der Waals surface area contributed by atoms with Crippen LogP contribution in [-0.4, -0.2) is 47.9 Å². The average molecular weight is 470 g/mol. The van der Waals surface area contributed by atoms with E-state index in [0.717, 1.165) is 36.0 Å². The molecule has 1 heterocycles. The molecule has 2 N–H and O–H groups in total. The number of fused-ring (bicyclic) bond motifs is 1. The minimum Gasteiger partial charge on any atom is -0.494 e. The number of pyridine rings is 1. The number of ether oxygens (including phenoxy) is 1. The second kappa shape index (κ2) is 13.8. The normalized spacial score (nSPS) is 14.9. The van der Waals surface area contributed by atoms with Crippen LogP contribution in [0, 0.1) is 5.92 Å². The van der Waals surface area contributed by atoms with E-state index in [9.17, 15) is 14.4 Å². The van der Waals surface area contributed by atoms with Crippen molar-refractivity contribution in [1.29, 1.82) is 0 Å². The fraction of sp³-hybridized carbons (Fsp3) is 0.593. The summed E-state index contributed by atoms with van der Waals surface area (Å²) in [5.41, 5.74) is 0.667. The quantitative estimate of drug-likeness (QED) is 0.477. The summed E-state index contributed by atoms with van der Waals surface area (Å²) in [5.74, 6) is 1.43. The summed E-state index contributed by atoms with van der Waals surface area (Å²) in [6.07, 6.45) is 10.9. The average Bonchev–Trinajstić information content (AvgIpc) is 2.79. The highest BCUT2D eigenvalue weighted by Crippen LogP contribution is 2.23. The smallest absolute Gasteiger partial charge is 0.248 e. The van der Waals surface area contributed by atoms with E-state index in [4.69, 9.17) is 4.74 Å². The first-order valence-electron chi connectivity index (χ1n) is 12.8. The van der Waals surface area contributed by atoms with E-state index < -0.39 is 0 Å². The van der Waals surface area contributed by atoms with Gasteiger partial charge in [-0.1, -0.05) is 32.1 Å². The van der Waals surface area contributed by atoms with Gasteiger partial charge in [-0.25, -0.2) is 0 Å². The minimum atomic E-state index is -0.119. The van der Waals surface area contributed by atoms with Crippen molar-refractivity contribution >= 4 is 22.7 Å². The van der Waals surface area contributed by atoms with Gasteiger partial charge < -0.3 is 19.9 Å². The van der Waals surface area contributed by atoms with Crippen LogP contribution in [-0.2, 0) is 9.59 Å². The molecule has 0 radical (unpaired) electrons. The molecule has 34 heavy (non-hydrogen) atoms. The maximum atomic E-state index is 13.0. The molecule has 7 nitrogen and oxygen atoms in total. The molecular formula is C27H39N3O4. The van der Waals surface area contributed by atoms with Gasteiger partial charge in [0.15, 0.2) is 0 Å². The SMILES string of the molecule is CC(=O)NCCN(CC1CCCCCCC1)C(=O)CCCCOc1ccc2[nH]c(=O)ccc2c1. The summed E-state index contributed by atoms with van der Waals surface area (Å²) in [6.45, 7) is 3.93. The first kappa shape index (κ1) is 25.8. The molecule has 0 atom stereocenters. The number of unbranched alkanes of at least 4 members (excludes halogenated alkanes) is 1. The summed E-state index contributed by atoms with van der Waals surface area (Å²) in [4.78, 5) is 40.4. The predicted octanol–water partition coefficient (Wildman–Crippen LogP) is 4.40. The zero-order valence-electron chi connectivity index (χ0n) is 20.4. The number of hydrogen-bond donors (Lipinski definition) is 2. The molecule has 1 aromatic carbocycles. The molecule has 186 valence electrons. The Balaban J connectivity index is 1.44. The van der Waals surface area contributed by atoms with Crippen molar-refractivity contribution < 1.29 is 14.3 Å². The Bertz CT molecular complexity index is 979. The molecule has 0 saturated heterocycles. The topological polar surface area (TPSA) is 91.5 Å². The zero-order valence-corrected chi connectivity index (χ0v) is 20.4. The second-order valence-corrected chi connectivity index (χ2v) is 9.41. The molecule has 0 bridgehead atoms. The molecule has 1 fully saturated rings. The number of aromatic nitrogens is 1. The number of nitrogens with zero attached hydrogens (tertiary/aromatic N) is 1. The Morgan fingerprint density at radius 2 is 1.82 bits per heavy atom. The molecule has 2 amide bonds. The van der Waals surface area contributed by atoms with E-state index in [2.05, 4.69) is 10.3 Å². The monoisotopic (exact) mass is 469 g/mol. The lowest BCUT2D eigenvalue weighted by molar-refractivity contribution is -0.132. The molecular weight excluding hydrogens is 430 g/mol. The van der Waals surface area contributed by atoms with Crippen LogP contribution in [0.15, 0.2) is 35.1 Å². The minimum absolute atomic E-state index is 0.0597. The van der Waals surface area contributed by atoms with E-state index >= 15 is 0 Å². The van der Waals surface area contributed by atoms with Gasteiger partial charge in [0.1, 0.15) is 5.75 Å². The number of aromatic amines is 1. The van der Waals surface area contributed by atoms with Crippen LogP contribution in [0.25, 0.3) is 10.9 Å². The Morgan fingerprint density at radius 3 is 2.59 bits per heavy atom. The van der Waals surface area contributed by atoms with Crippen LogP contribution < -0.4 is 15.6 Å². The number of hydrogen-bond acceptors (Lipinski definition) is 4. The molecule has 1 aliphatic carbocycles. The molecule has 2 aromatic rings. The number of benzene rings is 1. The molecule has 1 saturated carbocycles. The Hall–Kier alpha value is -2.83. The van der Waals surface area contributed by atoms with Gasteiger partial charge in [0.2, 0.25) is 17.4 Å². The Morgan fingerprint density at radius 1 is 1.06 bits per heavy atom. The predicted molar refractivity (Wildman–Crippen MR) is 135 cm³/mol. The Kier molecular flexibility index (Phi) is 10.4. The van der Waals surface area contributed by atoms with Crippen LogP contribution >= 0.6 is 0 Å². The van der Waals surface area contributed by atoms with Crippen LogP contribution in [0.2, 0.25) is 0 Å². The number of rotatable bonds is 11. The van der Waals surface area contributed by atoms with Gasteiger partial charge in [-0.15, -0.1) is 0 Å². The summed E-state index contributed by atoms with van der Waals surface area (Å²) in [7, 11) is 0. The van der Waals surface area contributed by atoms with E-state index in [-0.39, 0.29) is 17.4 Å². The lowest BCUT2D eigenvalue weighted by Crippen LogP contribution is -2.40. The molecule has 7 heteroatoms. The van der Waals surface area contributed by atoms with Crippen molar-refractivity contribution in [3.63, 3.8) is 0 Å². The molecule has 1 aliphatic rings. The fourth-order valence-corrected chi connectivity index (χ4v) is 4.67. The van der Waals surface area contributed by atoms with Gasteiger partial charge in [-0.05, 0) is 55.9 Å². The highest BCUT2D eigenvalue weighted by molar-refractivity contribution is 5.79. The largest absolute Gasteiger partial charge is 0.494 e. The van der Waals surface area contributed by atoms with Gasteiger partial charge >= 0.3 is 0 Å². The van der Waals surface area contributed by atoms with Gasteiger partial charge in [-0.3, -0.25) is 14.4 Å². The van der Waals surface area contributed by atoms with Crippen molar-refractivity contribution in [3.8, 4) is 5.75 Å². The summed E-state index contributed by atoms with van der Waals surface area (Å²) >= 11 is 0. The standard InChI is InChI=1S/C27H39N3O4/c1-21(31)28-16-17-30(20-22-9-5-3-2-4-6-10-22)27(33)11-7-8-18-34-24-13-14-25-23(19-24)12-15-26(32)29-25/h12-15,19,22H,2-11,16-18,20H2,1H3,(H,28,31)(H,29,32).